The summed E-state index contributed by atoms with van der Waals surface area (Å²) in [6, 6.07) is 8.18. The fraction of sp³-hybridized carbons (Fsp3) is 0.625. The summed E-state index contributed by atoms with van der Waals surface area (Å²) in [6.45, 7) is 7.97. The van der Waals surface area contributed by atoms with Gasteiger partial charge in [0.05, 0.1) is 0 Å². The molecular weight excluding hydrogens is 410 g/mol. The minimum Gasteiger partial charge on any atom is -0.353 e. The van der Waals surface area contributed by atoms with Crippen molar-refractivity contribution in [2.24, 2.45) is 11.8 Å². The molecule has 0 bridgehead atoms. The number of nitrogens with zero attached hydrogens (tertiary/aromatic N) is 2. The van der Waals surface area contributed by atoms with Crippen molar-refractivity contribution in [1.82, 2.24) is 15.1 Å². The number of carbonyl (C=O) groups is 3. The van der Waals surface area contributed by atoms with Gasteiger partial charge in [0, 0.05) is 19.0 Å². The number of benzene rings is 1. The van der Waals surface area contributed by atoms with Gasteiger partial charge in [0.25, 0.3) is 17.7 Å². The van der Waals surface area contributed by atoms with Gasteiger partial charge in [-0.15, -0.1) is 0 Å². The van der Waals surface area contributed by atoms with Crippen LogP contribution in [0.1, 0.15) is 46.1 Å². The van der Waals surface area contributed by atoms with Crippen LogP contribution in [0.25, 0.3) is 0 Å². The summed E-state index contributed by atoms with van der Waals surface area (Å²) in [7, 11) is 0. The zero-order chi connectivity index (χ0) is 23.3. The van der Waals surface area contributed by atoms with Crippen molar-refractivity contribution >= 4 is 17.7 Å². The molecule has 0 aromatic heterocycles. The zero-order valence-electron chi connectivity index (χ0n) is 19.2. The first-order valence-electron chi connectivity index (χ1n) is 11.5. The topological polar surface area (TPSA) is 99.2 Å². The molecule has 174 valence electrons. The number of rotatable bonds is 6. The van der Waals surface area contributed by atoms with E-state index in [-0.39, 0.29) is 11.8 Å². The van der Waals surface area contributed by atoms with Gasteiger partial charge in [-0.1, -0.05) is 58.0 Å². The third-order valence-corrected chi connectivity index (χ3v) is 7.02. The number of ether oxygens (including phenoxy) is 1. The number of aliphatic hydroxyl groups is 1. The van der Waals surface area contributed by atoms with Crippen LogP contribution < -0.4 is 5.32 Å². The molecule has 8 heteroatoms. The third kappa shape index (κ3) is 3.23. The Balaban J connectivity index is 1.65. The highest BCUT2D eigenvalue weighted by atomic mass is 16.7. The first-order chi connectivity index (χ1) is 15.1. The molecule has 3 aliphatic heterocycles. The lowest BCUT2D eigenvalue weighted by Crippen LogP contribution is -2.72. The zero-order valence-corrected chi connectivity index (χ0v) is 19.2. The Morgan fingerprint density at radius 1 is 1.22 bits per heavy atom. The van der Waals surface area contributed by atoms with Crippen molar-refractivity contribution in [3.05, 3.63) is 35.9 Å². The van der Waals surface area contributed by atoms with E-state index < -0.39 is 41.3 Å². The highest BCUT2D eigenvalue weighted by Gasteiger charge is 2.73. The van der Waals surface area contributed by atoms with Gasteiger partial charge in [0.2, 0.25) is 11.5 Å². The van der Waals surface area contributed by atoms with E-state index in [1.54, 1.807) is 18.7 Å². The highest BCUT2D eigenvalue weighted by Crippen LogP contribution is 2.49. The van der Waals surface area contributed by atoms with E-state index in [4.69, 9.17) is 4.74 Å². The lowest BCUT2D eigenvalue weighted by molar-refractivity contribution is -0.316. The van der Waals surface area contributed by atoms with Crippen LogP contribution in [0.2, 0.25) is 0 Å². The first-order valence-corrected chi connectivity index (χ1v) is 11.5. The van der Waals surface area contributed by atoms with E-state index in [2.05, 4.69) is 5.32 Å². The summed E-state index contributed by atoms with van der Waals surface area (Å²) >= 11 is 0. The molecule has 32 heavy (non-hydrogen) atoms. The summed E-state index contributed by atoms with van der Waals surface area (Å²) in [5.41, 5.74) is -0.828. The monoisotopic (exact) mass is 443 g/mol. The maximum absolute atomic E-state index is 13.8. The molecule has 2 N–H and O–H groups in total. The third-order valence-electron chi connectivity index (χ3n) is 7.02. The van der Waals surface area contributed by atoms with Gasteiger partial charge in [-0.05, 0) is 30.7 Å². The lowest BCUT2D eigenvalue weighted by Gasteiger charge is -2.50. The second-order valence-corrected chi connectivity index (χ2v) is 9.70. The average molecular weight is 444 g/mol. The van der Waals surface area contributed by atoms with Gasteiger partial charge in [0.1, 0.15) is 12.1 Å². The molecule has 0 saturated carbocycles. The summed E-state index contributed by atoms with van der Waals surface area (Å²) in [4.78, 5) is 43.3. The van der Waals surface area contributed by atoms with E-state index in [0.717, 1.165) is 5.56 Å². The van der Waals surface area contributed by atoms with Crippen LogP contribution in [0.3, 0.4) is 0 Å². The van der Waals surface area contributed by atoms with Crippen molar-refractivity contribution < 1.29 is 24.2 Å². The molecule has 3 fully saturated rings. The van der Waals surface area contributed by atoms with Gasteiger partial charge in [-0.25, -0.2) is 0 Å². The SMILES string of the molecule is CC(C)[C@H]1C(=O)N2CCCC2[C@]2(O)O[C@](C(=O)NCCc3ccccc3)(C(C)C)C(=O)N12. The number of hydrogen-bond donors (Lipinski definition) is 2. The molecule has 4 rings (SSSR count). The number of amides is 3. The van der Waals surface area contributed by atoms with Crippen LogP contribution in [0.4, 0.5) is 0 Å². The molecule has 1 unspecified atom stereocenters. The molecule has 3 saturated heterocycles. The Bertz CT molecular complexity index is 904. The van der Waals surface area contributed by atoms with Crippen LogP contribution in [0, 0.1) is 11.8 Å². The standard InChI is InChI=1S/C24H33N3O5/c1-15(2)19-20(28)26-14-8-11-18(26)24(31)27(19)22(30)23(32-24,16(3)4)21(29)25-13-12-17-9-6-5-7-10-17/h5-7,9-10,15-16,18-19,31H,8,11-14H2,1-4H3,(H,25,29)/t18?,19-,23-,24-/m0/s1. The van der Waals surface area contributed by atoms with Crippen molar-refractivity contribution in [1.29, 1.82) is 0 Å². The van der Waals surface area contributed by atoms with Gasteiger partial charge in [-0.2, -0.15) is 0 Å². The summed E-state index contributed by atoms with van der Waals surface area (Å²) in [5.74, 6) is -4.20. The Labute approximate surface area is 188 Å². The lowest BCUT2D eigenvalue weighted by atomic mass is 9.87. The molecule has 1 aromatic rings. The van der Waals surface area contributed by atoms with E-state index in [9.17, 15) is 19.5 Å². The second kappa shape index (κ2) is 8.15. The predicted octanol–water partition coefficient (Wildman–Crippen LogP) is 1.27. The number of fused-ring (bicyclic) bond motifs is 3. The number of piperazine rings is 1. The van der Waals surface area contributed by atoms with Crippen molar-refractivity contribution in [3.8, 4) is 0 Å². The highest BCUT2D eigenvalue weighted by molar-refractivity contribution is 6.11. The van der Waals surface area contributed by atoms with E-state index in [0.29, 0.717) is 32.4 Å². The Morgan fingerprint density at radius 2 is 1.91 bits per heavy atom. The van der Waals surface area contributed by atoms with Crippen LogP contribution in [-0.2, 0) is 25.5 Å². The Morgan fingerprint density at radius 3 is 2.53 bits per heavy atom. The van der Waals surface area contributed by atoms with Gasteiger partial charge in [0.15, 0.2) is 0 Å². The van der Waals surface area contributed by atoms with Crippen molar-refractivity contribution in [2.45, 2.75) is 70.6 Å². The van der Waals surface area contributed by atoms with E-state index in [1.165, 1.54) is 4.90 Å². The molecule has 4 atom stereocenters. The number of hydrogen-bond acceptors (Lipinski definition) is 5. The van der Waals surface area contributed by atoms with E-state index in [1.807, 2.05) is 44.2 Å². The fourth-order valence-corrected chi connectivity index (χ4v) is 5.36. The minimum absolute atomic E-state index is 0.187. The summed E-state index contributed by atoms with van der Waals surface area (Å²) in [5, 5.41) is 14.6. The predicted molar refractivity (Wildman–Crippen MR) is 117 cm³/mol. The molecule has 8 nitrogen and oxygen atoms in total. The van der Waals surface area contributed by atoms with Crippen LogP contribution >= 0.6 is 0 Å². The summed E-state index contributed by atoms with van der Waals surface area (Å²) in [6.07, 6.45) is 1.83. The molecular formula is C24H33N3O5. The summed E-state index contributed by atoms with van der Waals surface area (Å²) < 4.78 is 6.15. The normalized spacial score (nSPS) is 32.0. The van der Waals surface area contributed by atoms with Gasteiger partial charge in [-0.3, -0.25) is 19.3 Å². The second-order valence-electron chi connectivity index (χ2n) is 9.70. The molecule has 3 heterocycles. The quantitative estimate of drug-likeness (QED) is 0.646. The first kappa shape index (κ1) is 22.7. The Hall–Kier alpha value is -2.45. The maximum Gasteiger partial charge on any atom is 0.275 e. The average Bonchev–Trinajstić information content (AvgIpc) is 3.33. The largest absolute Gasteiger partial charge is 0.353 e. The van der Waals surface area contributed by atoms with Crippen LogP contribution in [-0.4, -0.2) is 69.3 Å². The van der Waals surface area contributed by atoms with Crippen molar-refractivity contribution in [3.63, 3.8) is 0 Å². The molecule has 0 aliphatic carbocycles. The number of carbonyl (C=O) groups excluding carboxylic acids is 3. The van der Waals surface area contributed by atoms with Crippen molar-refractivity contribution in [2.75, 3.05) is 13.1 Å². The fourth-order valence-electron chi connectivity index (χ4n) is 5.36. The Kier molecular flexibility index (Phi) is 5.79. The smallest absolute Gasteiger partial charge is 0.275 e. The van der Waals surface area contributed by atoms with Crippen LogP contribution in [0.5, 0.6) is 0 Å². The van der Waals surface area contributed by atoms with Crippen LogP contribution in [0.15, 0.2) is 30.3 Å². The molecule has 3 aliphatic rings. The minimum atomic E-state index is -2.02. The van der Waals surface area contributed by atoms with Gasteiger partial charge >= 0.3 is 0 Å². The van der Waals surface area contributed by atoms with Gasteiger partial charge < -0.3 is 20.1 Å². The molecule has 0 spiro atoms. The molecule has 1 aromatic carbocycles. The molecule has 0 radical (unpaired) electrons. The maximum atomic E-state index is 13.8. The molecule has 3 amide bonds. The number of nitrogens with one attached hydrogen (secondary N) is 1. The van der Waals surface area contributed by atoms with E-state index >= 15 is 0 Å².